The number of carboxylic acids is 1. The molecule has 0 bridgehead atoms. The Labute approximate surface area is 184 Å². The van der Waals surface area contributed by atoms with Crippen LogP contribution in [0.25, 0.3) is 34.0 Å². The fourth-order valence-electron chi connectivity index (χ4n) is 3.60. The number of aliphatic carboxylic acids is 1. The molecule has 0 unspecified atom stereocenters. The van der Waals surface area contributed by atoms with Gasteiger partial charge in [-0.25, -0.2) is 9.78 Å². The summed E-state index contributed by atoms with van der Waals surface area (Å²) in [4.78, 5) is 16.2. The minimum Gasteiger partial charge on any atom is -0.478 e. The quantitative estimate of drug-likeness (QED) is 0.407. The van der Waals surface area contributed by atoms with Crippen molar-refractivity contribution < 1.29 is 9.90 Å². The molecule has 31 heavy (non-hydrogen) atoms. The number of rotatable bonds is 5. The van der Waals surface area contributed by atoms with Crippen molar-refractivity contribution >= 4 is 23.4 Å². The topological polar surface area (TPSA) is 78.9 Å². The Hall–Kier alpha value is -3.95. The molecule has 2 aromatic heterocycles. The molecule has 0 aliphatic rings. The van der Waals surface area contributed by atoms with Gasteiger partial charge in [-0.3, -0.25) is 0 Å². The van der Waals surface area contributed by atoms with Crippen molar-refractivity contribution in [2.24, 2.45) is 0 Å². The van der Waals surface area contributed by atoms with Crippen LogP contribution in [0.4, 0.5) is 0 Å². The monoisotopic (exact) mass is 425 g/mol. The lowest BCUT2D eigenvalue weighted by Gasteiger charge is -2.11. The van der Waals surface area contributed by atoms with Crippen LogP contribution >= 0.6 is 11.3 Å². The third-order valence-electron chi connectivity index (χ3n) is 5.10. The third kappa shape index (κ3) is 4.04. The Balaban J connectivity index is 1.84. The Morgan fingerprint density at radius 1 is 1.16 bits per heavy atom. The molecule has 1 N–H and O–H groups in total. The van der Waals surface area contributed by atoms with E-state index >= 15 is 0 Å². The van der Waals surface area contributed by atoms with Gasteiger partial charge in [0.05, 0.1) is 11.6 Å². The highest BCUT2D eigenvalue weighted by Crippen LogP contribution is 2.41. The lowest BCUT2D eigenvalue weighted by Crippen LogP contribution is -1.95. The van der Waals surface area contributed by atoms with E-state index in [0.29, 0.717) is 5.56 Å². The van der Waals surface area contributed by atoms with Gasteiger partial charge in [0.15, 0.2) is 0 Å². The van der Waals surface area contributed by atoms with Gasteiger partial charge in [-0.2, -0.15) is 5.26 Å². The van der Waals surface area contributed by atoms with Crippen LogP contribution in [0.3, 0.4) is 0 Å². The number of carbonyl (C=O) groups is 1. The number of nitriles is 1. The minimum absolute atomic E-state index is 0.598. The molecule has 0 atom stereocenters. The molecule has 0 aliphatic carbocycles. The number of hydrogen-bond acceptors (Lipinski definition) is 4. The van der Waals surface area contributed by atoms with Gasteiger partial charge in [0.1, 0.15) is 5.82 Å². The van der Waals surface area contributed by atoms with E-state index in [1.54, 1.807) is 18.3 Å². The first-order valence-corrected chi connectivity index (χ1v) is 10.5. The predicted molar refractivity (Wildman–Crippen MR) is 123 cm³/mol. The van der Waals surface area contributed by atoms with E-state index in [2.05, 4.69) is 23.2 Å². The summed E-state index contributed by atoms with van der Waals surface area (Å²) in [7, 11) is 0. The van der Waals surface area contributed by atoms with Crippen LogP contribution < -0.4 is 0 Å². The molecule has 5 nitrogen and oxygen atoms in total. The van der Waals surface area contributed by atoms with E-state index in [1.165, 1.54) is 11.3 Å². The number of nitrogens with zero attached hydrogens (tertiary/aromatic N) is 3. The molecular weight excluding hydrogens is 406 g/mol. The van der Waals surface area contributed by atoms with Crippen molar-refractivity contribution in [3.8, 4) is 34.0 Å². The summed E-state index contributed by atoms with van der Waals surface area (Å²) in [6, 6.07) is 16.0. The van der Waals surface area contributed by atoms with Crippen molar-refractivity contribution in [3.05, 3.63) is 88.1 Å². The fraction of sp³-hybridized carbons (Fsp3) is 0.0800. The normalized spacial score (nSPS) is 11.0. The number of hydrogen-bond donors (Lipinski definition) is 1. The summed E-state index contributed by atoms with van der Waals surface area (Å²) >= 11 is 1.50. The molecule has 0 saturated heterocycles. The zero-order valence-corrected chi connectivity index (χ0v) is 17.9. The van der Waals surface area contributed by atoms with Crippen molar-refractivity contribution in [1.29, 1.82) is 5.26 Å². The van der Waals surface area contributed by atoms with Crippen LogP contribution in [-0.2, 0) is 4.79 Å². The predicted octanol–water partition coefficient (Wildman–Crippen LogP) is 5.85. The Morgan fingerprint density at radius 3 is 2.55 bits per heavy atom. The zero-order chi connectivity index (χ0) is 22.0. The molecule has 0 spiro atoms. The van der Waals surface area contributed by atoms with Crippen molar-refractivity contribution in [1.82, 2.24) is 9.55 Å². The Kier molecular flexibility index (Phi) is 5.52. The molecular formula is C25H19N3O2S. The molecule has 152 valence electrons. The van der Waals surface area contributed by atoms with E-state index in [-0.39, 0.29) is 0 Å². The minimum atomic E-state index is -0.988. The highest BCUT2D eigenvalue weighted by atomic mass is 32.1. The van der Waals surface area contributed by atoms with Gasteiger partial charge in [-0.15, -0.1) is 11.3 Å². The van der Waals surface area contributed by atoms with Crippen LogP contribution in [0.1, 0.15) is 21.8 Å². The second-order valence-electron chi connectivity index (χ2n) is 7.09. The molecule has 0 fully saturated rings. The smallest absolute Gasteiger partial charge is 0.328 e. The number of aromatic nitrogens is 2. The van der Waals surface area contributed by atoms with Crippen LogP contribution in [0, 0.1) is 25.2 Å². The molecule has 4 rings (SSSR count). The van der Waals surface area contributed by atoms with Crippen molar-refractivity contribution in [2.75, 3.05) is 0 Å². The Bertz CT molecular complexity index is 1340. The number of imidazole rings is 1. The van der Waals surface area contributed by atoms with Crippen LogP contribution in [0.15, 0.2) is 66.3 Å². The highest BCUT2D eigenvalue weighted by molar-refractivity contribution is 7.12. The number of benzene rings is 2. The second kappa shape index (κ2) is 8.42. The summed E-state index contributed by atoms with van der Waals surface area (Å²) < 4.78 is 2.02. The summed E-state index contributed by atoms with van der Waals surface area (Å²) in [5.74, 6) is -0.0734. The highest BCUT2D eigenvalue weighted by Gasteiger charge is 2.16. The van der Waals surface area contributed by atoms with Crippen LogP contribution in [0.5, 0.6) is 0 Å². The largest absolute Gasteiger partial charge is 0.478 e. The van der Waals surface area contributed by atoms with Crippen molar-refractivity contribution in [3.63, 3.8) is 0 Å². The molecule has 0 amide bonds. The first kappa shape index (κ1) is 20.3. The summed E-state index contributed by atoms with van der Waals surface area (Å²) in [5, 5.41) is 20.4. The van der Waals surface area contributed by atoms with E-state index < -0.39 is 5.97 Å². The third-order valence-corrected chi connectivity index (χ3v) is 6.05. The van der Waals surface area contributed by atoms with Gasteiger partial charge in [-0.05, 0) is 66.3 Å². The van der Waals surface area contributed by atoms with E-state index in [4.69, 9.17) is 5.11 Å². The standard InChI is InChI=1S/C25H19N3O2S/c1-16-13-18(14-26)3-8-21(16)25-22(15-31-23(25)9-10-24(29)30)19-4-6-20(7-5-19)28-12-11-27-17(28)2/h3-13,15H,1-2H3,(H,29,30)/b10-9+. The molecule has 4 aromatic rings. The fourth-order valence-corrected chi connectivity index (χ4v) is 4.58. The molecule has 6 heteroatoms. The first-order chi connectivity index (χ1) is 15.0. The number of aryl methyl sites for hydroxylation is 2. The molecule has 0 aliphatic heterocycles. The second-order valence-corrected chi connectivity index (χ2v) is 8.00. The summed E-state index contributed by atoms with van der Waals surface area (Å²) in [5.41, 5.74) is 6.60. The first-order valence-electron chi connectivity index (χ1n) is 9.62. The van der Waals surface area contributed by atoms with Gasteiger partial charge < -0.3 is 9.67 Å². The van der Waals surface area contributed by atoms with E-state index in [0.717, 1.165) is 50.3 Å². The average Bonchev–Trinajstić information content (AvgIpc) is 3.38. The van der Waals surface area contributed by atoms with Crippen molar-refractivity contribution in [2.45, 2.75) is 13.8 Å². The number of thiophene rings is 1. The van der Waals surface area contributed by atoms with Gasteiger partial charge in [0.25, 0.3) is 0 Å². The van der Waals surface area contributed by atoms with E-state index in [9.17, 15) is 10.1 Å². The zero-order valence-electron chi connectivity index (χ0n) is 17.0. The maximum atomic E-state index is 11.1. The van der Waals surface area contributed by atoms with Crippen LogP contribution in [-0.4, -0.2) is 20.6 Å². The average molecular weight is 426 g/mol. The SMILES string of the molecule is Cc1cc(C#N)ccc1-c1c(-c2ccc(-n3ccnc3C)cc2)csc1/C=C/C(=O)O. The lowest BCUT2D eigenvalue weighted by molar-refractivity contribution is -0.131. The van der Waals surface area contributed by atoms with Crippen LogP contribution in [0.2, 0.25) is 0 Å². The molecule has 2 heterocycles. The maximum Gasteiger partial charge on any atom is 0.328 e. The molecule has 0 saturated carbocycles. The maximum absolute atomic E-state index is 11.1. The van der Waals surface area contributed by atoms with Gasteiger partial charge >= 0.3 is 5.97 Å². The molecule has 2 aromatic carbocycles. The van der Waals surface area contributed by atoms with E-state index in [1.807, 2.05) is 54.3 Å². The number of carboxylic acid groups (broad SMARTS) is 1. The summed E-state index contributed by atoms with van der Waals surface area (Å²) in [6.07, 6.45) is 6.49. The molecule has 0 radical (unpaired) electrons. The Morgan fingerprint density at radius 2 is 1.94 bits per heavy atom. The summed E-state index contributed by atoms with van der Waals surface area (Å²) in [6.45, 7) is 3.92. The van der Waals surface area contributed by atoms with Gasteiger partial charge in [0, 0.05) is 40.2 Å². The van der Waals surface area contributed by atoms with Gasteiger partial charge in [0.2, 0.25) is 0 Å². The lowest BCUT2D eigenvalue weighted by atomic mass is 9.92. The van der Waals surface area contributed by atoms with Gasteiger partial charge in [-0.1, -0.05) is 18.2 Å².